The predicted octanol–water partition coefficient (Wildman–Crippen LogP) is 3.09. The summed E-state index contributed by atoms with van der Waals surface area (Å²) in [6.07, 6.45) is 4.35. The summed E-state index contributed by atoms with van der Waals surface area (Å²) in [6, 6.07) is 12.7. The number of benzene rings is 1. The van der Waals surface area contributed by atoms with Gasteiger partial charge >= 0.3 is 6.09 Å². The van der Waals surface area contributed by atoms with Gasteiger partial charge in [0.15, 0.2) is 0 Å². The number of carboxylic acid groups (broad SMARTS) is 1. The van der Waals surface area contributed by atoms with Gasteiger partial charge in [-0.25, -0.2) is 9.78 Å². The summed E-state index contributed by atoms with van der Waals surface area (Å²) in [5.74, 6) is 0.720. The summed E-state index contributed by atoms with van der Waals surface area (Å²) in [5, 5.41) is 14.8. The van der Waals surface area contributed by atoms with Crippen molar-refractivity contribution in [3.8, 4) is 0 Å². The number of hydrogen-bond acceptors (Lipinski definition) is 6. The number of piperazine rings is 1. The summed E-state index contributed by atoms with van der Waals surface area (Å²) in [4.78, 5) is 35.6. The quantitative estimate of drug-likeness (QED) is 0.570. The zero-order valence-electron chi connectivity index (χ0n) is 21.1. The van der Waals surface area contributed by atoms with Crippen molar-refractivity contribution in [3.05, 3.63) is 53.7 Å². The zero-order valence-corrected chi connectivity index (χ0v) is 21.1. The predicted molar refractivity (Wildman–Crippen MR) is 140 cm³/mol. The number of amides is 2. The van der Waals surface area contributed by atoms with Gasteiger partial charge in [-0.15, -0.1) is 0 Å². The van der Waals surface area contributed by atoms with Gasteiger partial charge in [-0.3, -0.25) is 4.79 Å². The van der Waals surface area contributed by atoms with Crippen molar-refractivity contribution >= 4 is 23.5 Å². The number of carbonyl (C=O) groups excluding carboxylic acids is 1. The van der Waals surface area contributed by atoms with Gasteiger partial charge in [0.25, 0.3) is 5.91 Å². The maximum absolute atomic E-state index is 12.9. The molecule has 5 rings (SSSR count). The van der Waals surface area contributed by atoms with E-state index in [-0.39, 0.29) is 30.1 Å². The van der Waals surface area contributed by atoms with Crippen LogP contribution < -0.4 is 20.4 Å². The number of aromatic nitrogens is 1. The van der Waals surface area contributed by atoms with Gasteiger partial charge in [0.2, 0.25) is 0 Å². The van der Waals surface area contributed by atoms with Crippen LogP contribution in [0.25, 0.3) is 0 Å². The van der Waals surface area contributed by atoms with Crippen molar-refractivity contribution in [1.29, 1.82) is 0 Å². The van der Waals surface area contributed by atoms with Gasteiger partial charge in [-0.1, -0.05) is 12.1 Å². The first-order valence-corrected chi connectivity index (χ1v) is 13.0. The highest BCUT2D eigenvalue weighted by Crippen LogP contribution is 2.38. The van der Waals surface area contributed by atoms with Crippen molar-refractivity contribution in [1.82, 2.24) is 20.5 Å². The Bertz CT molecular complexity index is 1050. The van der Waals surface area contributed by atoms with Crippen LogP contribution in [0, 0.1) is 0 Å². The number of rotatable bonds is 6. The first-order valence-electron chi connectivity index (χ1n) is 13.0. The lowest BCUT2D eigenvalue weighted by molar-refractivity contribution is 0.0939. The van der Waals surface area contributed by atoms with E-state index in [2.05, 4.69) is 61.6 Å². The molecule has 3 aliphatic heterocycles. The number of carbonyl (C=O) groups is 2. The van der Waals surface area contributed by atoms with Gasteiger partial charge in [0, 0.05) is 56.2 Å². The maximum Gasteiger partial charge on any atom is 0.404 e. The monoisotopic (exact) mass is 492 g/mol. The lowest BCUT2D eigenvalue weighted by Crippen LogP contribution is -2.50. The average molecular weight is 493 g/mol. The summed E-state index contributed by atoms with van der Waals surface area (Å²) < 4.78 is 0. The molecule has 9 nitrogen and oxygen atoms in total. The molecule has 0 saturated carbocycles. The van der Waals surface area contributed by atoms with Crippen molar-refractivity contribution in [2.75, 3.05) is 43.0 Å². The van der Waals surface area contributed by atoms with E-state index in [4.69, 9.17) is 5.11 Å². The van der Waals surface area contributed by atoms with Gasteiger partial charge in [0.1, 0.15) is 5.82 Å². The Labute approximate surface area is 212 Å². The summed E-state index contributed by atoms with van der Waals surface area (Å²) in [6.45, 7) is 6.20. The van der Waals surface area contributed by atoms with E-state index in [0.29, 0.717) is 5.56 Å². The van der Waals surface area contributed by atoms with E-state index in [1.807, 2.05) is 19.1 Å². The van der Waals surface area contributed by atoms with E-state index in [1.54, 1.807) is 6.20 Å². The molecule has 1 unspecified atom stereocenters. The zero-order chi connectivity index (χ0) is 25.2. The van der Waals surface area contributed by atoms with Crippen LogP contribution in [-0.4, -0.2) is 78.3 Å². The van der Waals surface area contributed by atoms with Crippen LogP contribution >= 0.6 is 0 Å². The third-order valence-corrected chi connectivity index (χ3v) is 7.94. The first kappa shape index (κ1) is 24.4. The smallest absolute Gasteiger partial charge is 0.404 e. The molecule has 0 radical (unpaired) electrons. The Morgan fingerprint density at radius 3 is 2.25 bits per heavy atom. The van der Waals surface area contributed by atoms with Crippen LogP contribution in [0.5, 0.6) is 0 Å². The van der Waals surface area contributed by atoms with Crippen LogP contribution in [0.2, 0.25) is 0 Å². The van der Waals surface area contributed by atoms with Crippen molar-refractivity contribution < 1.29 is 14.7 Å². The number of anilines is 2. The molecule has 2 bridgehead atoms. The molecule has 3 aliphatic rings. The average Bonchev–Trinajstić information content (AvgIpc) is 3.14. The van der Waals surface area contributed by atoms with Gasteiger partial charge in [-0.05, 0) is 69.5 Å². The Hall–Kier alpha value is -3.33. The Morgan fingerprint density at radius 2 is 1.67 bits per heavy atom. The molecular weight excluding hydrogens is 456 g/mol. The maximum atomic E-state index is 12.9. The van der Waals surface area contributed by atoms with Crippen LogP contribution in [0.1, 0.15) is 54.6 Å². The van der Waals surface area contributed by atoms with E-state index < -0.39 is 6.09 Å². The minimum absolute atomic E-state index is 0.00147. The molecule has 2 aromatic rings. The van der Waals surface area contributed by atoms with Crippen LogP contribution in [0.15, 0.2) is 42.6 Å². The second kappa shape index (κ2) is 10.3. The number of piperidine rings is 1. The molecule has 192 valence electrons. The Balaban J connectivity index is 1.17. The van der Waals surface area contributed by atoms with E-state index in [9.17, 15) is 9.59 Å². The number of pyridine rings is 1. The van der Waals surface area contributed by atoms with E-state index in [0.717, 1.165) is 63.2 Å². The van der Waals surface area contributed by atoms with Gasteiger partial charge in [-0.2, -0.15) is 0 Å². The van der Waals surface area contributed by atoms with E-state index in [1.165, 1.54) is 5.69 Å². The largest absolute Gasteiger partial charge is 0.465 e. The van der Waals surface area contributed by atoms with Crippen molar-refractivity contribution in [2.45, 2.75) is 56.8 Å². The number of likely N-dealkylation sites (N-methyl/N-ethyl adjacent to an activating group) is 1. The number of nitrogens with one attached hydrogen (secondary N) is 2. The van der Waals surface area contributed by atoms with Crippen molar-refractivity contribution in [3.63, 3.8) is 0 Å². The fourth-order valence-electron chi connectivity index (χ4n) is 5.92. The lowest BCUT2D eigenvalue weighted by Gasteiger charge is -2.39. The Kier molecular flexibility index (Phi) is 7.00. The summed E-state index contributed by atoms with van der Waals surface area (Å²) in [7, 11) is 2.15. The van der Waals surface area contributed by atoms with Gasteiger partial charge in [0.05, 0.1) is 11.6 Å². The molecule has 1 aromatic carbocycles. The number of hydrogen-bond donors (Lipinski definition) is 3. The highest BCUT2D eigenvalue weighted by Gasteiger charge is 2.41. The minimum atomic E-state index is -0.957. The molecule has 0 spiro atoms. The first-order chi connectivity index (χ1) is 17.4. The minimum Gasteiger partial charge on any atom is -0.465 e. The molecule has 0 aliphatic carbocycles. The van der Waals surface area contributed by atoms with Crippen LogP contribution in [0.3, 0.4) is 0 Å². The summed E-state index contributed by atoms with van der Waals surface area (Å²) in [5.41, 5.74) is 2.83. The highest BCUT2D eigenvalue weighted by molar-refractivity contribution is 5.94. The normalized spacial score (nSPS) is 24.9. The molecule has 1 aromatic heterocycles. The second-order valence-electron chi connectivity index (χ2n) is 10.4. The molecule has 4 heterocycles. The topological polar surface area (TPSA) is 101 Å². The molecule has 36 heavy (non-hydrogen) atoms. The molecule has 2 amide bonds. The second-order valence-corrected chi connectivity index (χ2v) is 10.4. The molecule has 4 atom stereocenters. The SMILES string of the molecule is C[C@H](NC(=O)c1ccc(N2[C@@H]3CC[C@H]2CC(NC(=O)O)C3)nc1)c1ccc(N2CCN(C)CC2)cc1. The van der Waals surface area contributed by atoms with Gasteiger partial charge < -0.3 is 30.4 Å². The third-order valence-electron chi connectivity index (χ3n) is 7.94. The van der Waals surface area contributed by atoms with Crippen LogP contribution in [-0.2, 0) is 0 Å². The van der Waals surface area contributed by atoms with E-state index >= 15 is 0 Å². The standard InChI is InChI=1S/C27H36N6O3/c1-18(19-3-6-22(7-4-19)32-13-11-31(2)12-14-32)29-26(34)20-5-10-25(28-17-20)33-23-8-9-24(33)16-21(15-23)30-27(35)36/h3-7,10,17-18,21,23-24,30H,8-9,11-16H2,1-2H3,(H,29,34)(H,35,36)/t18-,21?,23-,24+/m0/s1. The fourth-order valence-corrected chi connectivity index (χ4v) is 5.92. The van der Waals surface area contributed by atoms with Crippen LogP contribution in [0.4, 0.5) is 16.3 Å². The molecule has 3 fully saturated rings. The fraction of sp³-hybridized carbons (Fsp3) is 0.519. The summed E-state index contributed by atoms with van der Waals surface area (Å²) >= 11 is 0. The molecule has 9 heteroatoms. The Morgan fingerprint density at radius 1 is 1.00 bits per heavy atom. The number of fused-ring (bicyclic) bond motifs is 2. The molecule has 3 saturated heterocycles. The lowest BCUT2D eigenvalue weighted by atomic mass is 9.97. The highest BCUT2D eigenvalue weighted by atomic mass is 16.4. The molecule has 3 N–H and O–H groups in total. The number of nitrogens with zero attached hydrogens (tertiary/aromatic N) is 4. The van der Waals surface area contributed by atoms with Crippen molar-refractivity contribution in [2.24, 2.45) is 0 Å². The molecular formula is C27H36N6O3. The third kappa shape index (κ3) is 5.26.